The average molecular weight is 196 g/mol. The summed E-state index contributed by atoms with van der Waals surface area (Å²) in [6.07, 6.45) is 0. The summed E-state index contributed by atoms with van der Waals surface area (Å²) in [5.41, 5.74) is 5.44. The summed E-state index contributed by atoms with van der Waals surface area (Å²) in [7, 11) is 0. The van der Waals surface area contributed by atoms with E-state index in [1.165, 1.54) is 17.1 Å². The van der Waals surface area contributed by atoms with E-state index < -0.39 is 5.82 Å². The summed E-state index contributed by atoms with van der Waals surface area (Å²) in [6.45, 7) is 1.72. The molecular weight excluding hydrogens is 187 g/mol. The third-order valence-corrected chi connectivity index (χ3v) is 1.88. The monoisotopic (exact) mass is 196 g/mol. The Balaban J connectivity index is 2.37. The van der Waals surface area contributed by atoms with Crippen LogP contribution in [0.4, 0.5) is 10.1 Å². The summed E-state index contributed by atoms with van der Waals surface area (Å²) in [5, 5.41) is 14.3. The highest BCUT2D eigenvalue weighted by Crippen LogP contribution is 2.22. The molecule has 0 amide bonds. The fraction of sp³-hybridized carbons (Fsp3) is 0.125. The normalized spacial score (nSPS) is 15.3. The molecule has 0 atom stereocenters. The highest BCUT2D eigenvalue weighted by molar-refractivity contribution is 5.96. The maximum absolute atomic E-state index is 13.4. The molecule has 0 aromatic heterocycles. The molecule has 1 heterocycles. The van der Waals surface area contributed by atoms with E-state index in [0.29, 0.717) is 11.5 Å². The van der Waals surface area contributed by atoms with Gasteiger partial charge in [0.25, 0.3) is 0 Å². The molecule has 3 N–H and O–H groups in total. The van der Waals surface area contributed by atoms with Crippen molar-refractivity contribution in [1.82, 2.24) is 11.1 Å². The predicted molar refractivity (Wildman–Crippen MR) is 49.9 cm³/mol. The summed E-state index contributed by atoms with van der Waals surface area (Å²) in [4.78, 5) is 0. The van der Waals surface area contributed by atoms with E-state index in [0.717, 1.165) is 6.07 Å². The van der Waals surface area contributed by atoms with Gasteiger partial charge in [-0.2, -0.15) is 0 Å². The molecule has 0 aliphatic carbocycles. The minimum absolute atomic E-state index is 0.104. The highest BCUT2D eigenvalue weighted by Gasteiger charge is 2.17. The Hall–Kier alpha value is -1.82. The molecule has 1 aromatic rings. The smallest absolute Gasteiger partial charge is 0.152 e. The Morgan fingerprint density at radius 1 is 1.50 bits per heavy atom. The third-order valence-electron chi connectivity index (χ3n) is 1.88. The summed E-state index contributed by atoms with van der Waals surface area (Å²) in [6, 6.07) is 3.91. The Morgan fingerprint density at radius 3 is 2.86 bits per heavy atom. The van der Waals surface area contributed by atoms with E-state index in [2.05, 4.69) is 16.2 Å². The summed E-state index contributed by atoms with van der Waals surface area (Å²) in [5.74, 6) is -0.0293. The van der Waals surface area contributed by atoms with Gasteiger partial charge < -0.3 is 5.11 Å². The Morgan fingerprint density at radius 2 is 2.29 bits per heavy atom. The molecule has 1 aliphatic heterocycles. The van der Waals surface area contributed by atoms with Gasteiger partial charge in [-0.1, -0.05) is 0 Å². The van der Waals surface area contributed by atoms with Crippen LogP contribution in [0.1, 0.15) is 6.92 Å². The number of hydrogen-bond acceptors (Lipinski definition) is 5. The minimum Gasteiger partial charge on any atom is -0.508 e. The first-order valence-corrected chi connectivity index (χ1v) is 4.02. The van der Waals surface area contributed by atoms with Gasteiger partial charge >= 0.3 is 0 Å². The van der Waals surface area contributed by atoms with Gasteiger partial charge in [0.15, 0.2) is 5.82 Å². The van der Waals surface area contributed by atoms with E-state index in [1.54, 1.807) is 6.92 Å². The average Bonchev–Trinajstić information content (AvgIpc) is 2.52. The maximum Gasteiger partial charge on any atom is 0.152 e. The van der Waals surface area contributed by atoms with Crippen molar-refractivity contribution in [3.8, 4) is 5.75 Å². The second-order valence-corrected chi connectivity index (χ2v) is 2.85. The van der Waals surface area contributed by atoms with Crippen LogP contribution in [0.2, 0.25) is 0 Å². The molecule has 0 spiro atoms. The topological polar surface area (TPSA) is 59.9 Å². The molecule has 14 heavy (non-hydrogen) atoms. The largest absolute Gasteiger partial charge is 0.508 e. The van der Waals surface area contributed by atoms with Crippen LogP contribution in [0.5, 0.6) is 5.75 Å². The number of aromatic hydroxyl groups is 1. The molecule has 0 fully saturated rings. The maximum atomic E-state index is 13.4. The predicted octanol–water partition coefficient (Wildman–Crippen LogP) is 0.694. The van der Waals surface area contributed by atoms with Crippen LogP contribution in [-0.4, -0.2) is 10.9 Å². The van der Waals surface area contributed by atoms with Crippen molar-refractivity contribution in [3.05, 3.63) is 24.0 Å². The molecule has 5 nitrogen and oxygen atoms in total. The number of nitrogens with zero attached hydrogens (tertiary/aromatic N) is 2. The first-order valence-electron chi connectivity index (χ1n) is 4.02. The first-order chi connectivity index (χ1) is 6.68. The lowest BCUT2D eigenvalue weighted by Gasteiger charge is -2.17. The van der Waals surface area contributed by atoms with Crippen molar-refractivity contribution in [2.24, 2.45) is 5.10 Å². The van der Waals surface area contributed by atoms with Crippen LogP contribution in [0.15, 0.2) is 23.3 Å². The van der Waals surface area contributed by atoms with Crippen molar-refractivity contribution in [2.45, 2.75) is 6.92 Å². The first kappa shape index (κ1) is 8.76. The van der Waals surface area contributed by atoms with Crippen molar-refractivity contribution in [3.63, 3.8) is 0 Å². The lowest BCUT2D eigenvalue weighted by atomic mass is 10.3. The van der Waals surface area contributed by atoms with Crippen LogP contribution in [0, 0.1) is 5.82 Å². The van der Waals surface area contributed by atoms with Crippen molar-refractivity contribution in [2.75, 3.05) is 5.01 Å². The number of hydrazine groups is 2. The Bertz CT molecular complexity index is 393. The van der Waals surface area contributed by atoms with E-state index in [1.807, 2.05) is 0 Å². The SMILES string of the molecule is CC1=NNNN1c1ccc(O)cc1F. The molecule has 0 bridgehead atoms. The second-order valence-electron chi connectivity index (χ2n) is 2.85. The Labute approximate surface area is 79.8 Å². The van der Waals surface area contributed by atoms with Gasteiger partial charge in [-0.3, -0.25) is 0 Å². The number of phenolic OH excluding ortho intramolecular Hbond substituents is 1. The fourth-order valence-corrected chi connectivity index (χ4v) is 1.20. The molecule has 0 radical (unpaired) electrons. The van der Waals surface area contributed by atoms with Crippen LogP contribution in [-0.2, 0) is 0 Å². The van der Waals surface area contributed by atoms with Gasteiger partial charge in [-0.25, -0.2) is 14.9 Å². The number of nitrogens with one attached hydrogen (secondary N) is 2. The van der Waals surface area contributed by atoms with Crippen LogP contribution in [0.3, 0.4) is 0 Å². The minimum atomic E-state index is -0.518. The number of hydrogen-bond donors (Lipinski definition) is 3. The molecule has 0 unspecified atom stereocenters. The molecule has 6 heteroatoms. The molecule has 74 valence electrons. The number of rotatable bonds is 1. The lowest BCUT2D eigenvalue weighted by molar-refractivity contribution is 0.468. The fourth-order valence-electron chi connectivity index (χ4n) is 1.20. The van der Waals surface area contributed by atoms with Crippen LogP contribution < -0.4 is 16.1 Å². The number of amidine groups is 1. The van der Waals surface area contributed by atoms with E-state index in [9.17, 15) is 4.39 Å². The number of anilines is 1. The second kappa shape index (κ2) is 3.15. The van der Waals surface area contributed by atoms with Gasteiger partial charge in [-0.15, -0.1) is 10.6 Å². The van der Waals surface area contributed by atoms with Crippen LogP contribution >= 0.6 is 0 Å². The molecule has 0 saturated carbocycles. The van der Waals surface area contributed by atoms with Gasteiger partial charge in [0, 0.05) is 6.07 Å². The zero-order valence-corrected chi connectivity index (χ0v) is 7.45. The van der Waals surface area contributed by atoms with Crippen molar-refractivity contribution < 1.29 is 9.50 Å². The quantitative estimate of drug-likeness (QED) is 0.618. The number of halogens is 1. The lowest BCUT2D eigenvalue weighted by Crippen LogP contribution is -2.40. The zero-order chi connectivity index (χ0) is 10.1. The van der Waals surface area contributed by atoms with E-state index >= 15 is 0 Å². The van der Waals surface area contributed by atoms with Crippen LogP contribution in [0.25, 0.3) is 0 Å². The molecule has 1 aliphatic rings. The zero-order valence-electron chi connectivity index (χ0n) is 7.45. The molecule has 1 aromatic carbocycles. The summed E-state index contributed by atoms with van der Waals surface area (Å²) >= 11 is 0. The molecule has 0 saturated heterocycles. The highest BCUT2D eigenvalue weighted by atomic mass is 19.1. The van der Waals surface area contributed by atoms with Gasteiger partial charge in [0.05, 0.1) is 5.69 Å². The van der Waals surface area contributed by atoms with Gasteiger partial charge in [-0.05, 0) is 19.1 Å². The van der Waals surface area contributed by atoms with E-state index in [4.69, 9.17) is 5.11 Å². The number of benzene rings is 1. The van der Waals surface area contributed by atoms with Crippen molar-refractivity contribution >= 4 is 11.5 Å². The van der Waals surface area contributed by atoms with E-state index in [-0.39, 0.29) is 5.75 Å². The standard InChI is InChI=1S/C8H9FN4O/c1-5-10-11-12-13(5)8-3-2-6(14)4-7(8)9/h2-4,11-12,14H,1H3. The summed E-state index contributed by atoms with van der Waals surface area (Å²) < 4.78 is 13.4. The van der Waals surface area contributed by atoms with Gasteiger partial charge in [0.1, 0.15) is 11.6 Å². The van der Waals surface area contributed by atoms with Crippen molar-refractivity contribution in [1.29, 1.82) is 0 Å². The molecule has 2 rings (SSSR count). The van der Waals surface area contributed by atoms with Gasteiger partial charge in [0.2, 0.25) is 0 Å². The Kier molecular flexibility index (Phi) is 1.97. The third kappa shape index (κ3) is 1.35. The molecular formula is C8H9FN4O. The number of hydrazone groups is 1. The number of phenols is 1.